The second kappa shape index (κ2) is 12.0. The molecular weight excluding hydrogens is 640 g/mol. The number of amides is 3. The predicted octanol–water partition coefficient (Wildman–Crippen LogP) is 5.59. The number of hydrogen-bond acceptors (Lipinski definition) is 7. The quantitative estimate of drug-likeness (QED) is 0.273. The van der Waals surface area contributed by atoms with E-state index in [1.54, 1.807) is 22.2 Å². The smallest absolute Gasteiger partial charge is 0.407 e. The van der Waals surface area contributed by atoms with Crippen LogP contribution >= 0.6 is 11.3 Å². The lowest BCUT2D eigenvalue weighted by molar-refractivity contribution is -0.121. The van der Waals surface area contributed by atoms with Gasteiger partial charge in [-0.3, -0.25) is 14.9 Å². The second-order valence-corrected chi connectivity index (χ2v) is 14.4. The lowest BCUT2D eigenvalue weighted by atomic mass is 9.84. The number of imidazole rings is 1. The Hall–Kier alpha value is -4.85. The minimum Gasteiger partial charge on any atom is -0.465 e. The number of benzene rings is 2. The molecule has 0 saturated carbocycles. The standard InChI is InChI=1S/C34H35F2N7O4S/c1-34(2,3)27-17-40(9-10-42(27)33(46)47)22-6-4-19(5-7-22)20-12-23-24(25(36)13-20)16-43(31(23)45)29(30(44)39-32-37-8-11-48-32)28-26-14-21(35)15-41(26)18-38-28/h4-8,11-13,18,21,27,29H,9-10,14-17H2,1-3H3,(H,46,47)(H,37,39,44)/t21-,27?,29?/m1/s1. The van der Waals surface area contributed by atoms with Gasteiger partial charge in [0.1, 0.15) is 12.0 Å². The maximum Gasteiger partial charge on any atom is 0.407 e. The van der Waals surface area contributed by atoms with Gasteiger partial charge in [-0.25, -0.2) is 23.5 Å². The summed E-state index contributed by atoms with van der Waals surface area (Å²) in [4.78, 5) is 53.1. The zero-order valence-electron chi connectivity index (χ0n) is 26.7. The molecule has 48 heavy (non-hydrogen) atoms. The fourth-order valence-electron chi connectivity index (χ4n) is 7.00. The Kier molecular flexibility index (Phi) is 7.93. The molecule has 5 heterocycles. The lowest BCUT2D eigenvalue weighted by Gasteiger charge is -2.46. The first-order chi connectivity index (χ1) is 22.9. The zero-order chi connectivity index (χ0) is 33.9. The van der Waals surface area contributed by atoms with Gasteiger partial charge in [0.25, 0.3) is 11.8 Å². The van der Waals surface area contributed by atoms with E-state index in [0.29, 0.717) is 41.6 Å². The summed E-state index contributed by atoms with van der Waals surface area (Å²) < 4.78 is 31.8. The normalized spacial score (nSPS) is 19.8. The third-order valence-corrected chi connectivity index (χ3v) is 10.2. The van der Waals surface area contributed by atoms with Crippen LogP contribution in [0.15, 0.2) is 54.3 Å². The number of carboxylic acid groups (broad SMARTS) is 1. The molecule has 1 fully saturated rings. The van der Waals surface area contributed by atoms with Gasteiger partial charge >= 0.3 is 6.09 Å². The van der Waals surface area contributed by atoms with Crippen LogP contribution in [-0.4, -0.2) is 79.2 Å². The van der Waals surface area contributed by atoms with E-state index in [1.165, 1.54) is 33.5 Å². The van der Waals surface area contributed by atoms with Gasteiger partial charge in [0, 0.05) is 60.1 Å². The van der Waals surface area contributed by atoms with Gasteiger partial charge < -0.3 is 24.4 Å². The number of rotatable bonds is 6. The fraction of sp³-hybridized carbons (Fsp3) is 0.382. The van der Waals surface area contributed by atoms with E-state index in [2.05, 4.69) is 20.2 Å². The van der Waals surface area contributed by atoms with E-state index in [4.69, 9.17) is 0 Å². The molecule has 3 amide bonds. The zero-order valence-corrected chi connectivity index (χ0v) is 27.5. The summed E-state index contributed by atoms with van der Waals surface area (Å²) >= 11 is 1.22. The highest BCUT2D eigenvalue weighted by Crippen LogP contribution is 2.39. The van der Waals surface area contributed by atoms with Crippen molar-refractivity contribution in [2.45, 2.75) is 58.5 Å². The van der Waals surface area contributed by atoms with Gasteiger partial charge in [-0.2, -0.15) is 0 Å². The van der Waals surface area contributed by atoms with Gasteiger partial charge in [0.05, 0.1) is 31.2 Å². The SMILES string of the molecule is CC(C)(C)C1CN(c2ccc(-c3cc(F)c4c(c3)C(=O)N(C(C(=O)Nc3nccs3)c3ncn5c3C[C@@H](F)C5)C4)cc2)CCN1C(=O)O. The number of carbonyl (C=O) groups is 3. The number of halogens is 2. The van der Waals surface area contributed by atoms with E-state index >= 15 is 4.39 Å². The summed E-state index contributed by atoms with van der Waals surface area (Å²) in [5.74, 6) is -1.66. The number of anilines is 2. The highest BCUT2D eigenvalue weighted by molar-refractivity contribution is 7.13. The average Bonchev–Trinajstić information content (AvgIpc) is 3.84. The van der Waals surface area contributed by atoms with Gasteiger partial charge in [0.2, 0.25) is 0 Å². The van der Waals surface area contributed by atoms with Crippen LogP contribution in [0.3, 0.4) is 0 Å². The van der Waals surface area contributed by atoms with Crippen molar-refractivity contribution in [3.63, 3.8) is 0 Å². The first-order valence-electron chi connectivity index (χ1n) is 15.8. The highest BCUT2D eigenvalue weighted by atomic mass is 32.1. The molecule has 3 aliphatic heterocycles. The number of alkyl halides is 1. The molecule has 2 unspecified atom stereocenters. The summed E-state index contributed by atoms with van der Waals surface area (Å²) in [6, 6.07) is 9.15. The second-order valence-electron chi connectivity index (χ2n) is 13.5. The first kappa shape index (κ1) is 31.7. The number of aromatic nitrogens is 3. The van der Waals surface area contributed by atoms with Crippen LogP contribution in [0.5, 0.6) is 0 Å². The molecule has 250 valence electrons. The molecule has 4 aromatic rings. The molecule has 2 N–H and O–H groups in total. The third kappa shape index (κ3) is 5.67. The number of nitrogens with zero attached hydrogens (tertiary/aromatic N) is 6. The largest absolute Gasteiger partial charge is 0.465 e. The van der Waals surface area contributed by atoms with Crippen LogP contribution in [0.2, 0.25) is 0 Å². The van der Waals surface area contributed by atoms with Crippen molar-refractivity contribution in [1.82, 2.24) is 24.3 Å². The Morgan fingerprint density at radius 3 is 2.54 bits per heavy atom. The molecule has 0 aliphatic carbocycles. The number of carbonyl (C=O) groups excluding carboxylic acids is 2. The highest BCUT2D eigenvalue weighted by Gasteiger charge is 2.43. The molecule has 2 aromatic heterocycles. The molecule has 0 bridgehead atoms. The minimum atomic E-state index is -1.23. The number of fused-ring (bicyclic) bond motifs is 2. The number of nitrogens with one attached hydrogen (secondary N) is 1. The fourth-order valence-corrected chi connectivity index (χ4v) is 7.54. The molecule has 2 aromatic carbocycles. The van der Waals surface area contributed by atoms with Crippen molar-refractivity contribution in [2.75, 3.05) is 29.9 Å². The summed E-state index contributed by atoms with van der Waals surface area (Å²) in [7, 11) is 0. The number of piperazine rings is 1. The molecule has 0 spiro atoms. The molecule has 7 rings (SSSR count). The molecule has 11 nitrogen and oxygen atoms in total. The number of thiazole rings is 1. The number of hydrogen-bond donors (Lipinski definition) is 2. The van der Waals surface area contributed by atoms with Crippen molar-refractivity contribution in [3.8, 4) is 11.1 Å². The maximum atomic E-state index is 15.8. The lowest BCUT2D eigenvalue weighted by Crippen LogP contribution is -2.59. The van der Waals surface area contributed by atoms with Crippen LogP contribution in [0.4, 0.5) is 24.4 Å². The summed E-state index contributed by atoms with van der Waals surface area (Å²) in [5, 5.41) is 14.5. The Balaban J connectivity index is 1.16. The van der Waals surface area contributed by atoms with Crippen LogP contribution in [0, 0.1) is 11.2 Å². The molecule has 14 heteroatoms. The van der Waals surface area contributed by atoms with Gasteiger partial charge in [0.15, 0.2) is 11.2 Å². The van der Waals surface area contributed by atoms with Crippen LogP contribution in [0.25, 0.3) is 11.1 Å². The molecular formula is C34H35F2N7O4S. The first-order valence-corrected chi connectivity index (χ1v) is 16.6. The predicted molar refractivity (Wildman–Crippen MR) is 176 cm³/mol. The van der Waals surface area contributed by atoms with E-state index in [9.17, 15) is 23.9 Å². The van der Waals surface area contributed by atoms with Crippen molar-refractivity contribution >= 4 is 40.1 Å². The van der Waals surface area contributed by atoms with Crippen molar-refractivity contribution in [3.05, 3.63) is 82.6 Å². The summed E-state index contributed by atoms with van der Waals surface area (Å²) in [6.45, 7) is 7.51. The van der Waals surface area contributed by atoms with Crippen LogP contribution in [0.1, 0.15) is 54.1 Å². The Morgan fingerprint density at radius 1 is 1.08 bits per heavy atom. The Labute approximate surface area is 279 Å². The Bertz CT molecular complexity index is 1890. The van der Waals surface area contributed by atoms with Gasteiger partial charge in [-0.15, -0.1) is 11.3 Å². The van der Waals surface area contributed by atoms with Gasteiger partial charge in [-0.1, -0.05) is 32.9 Å². The van der Waals surface area contributed by atoms with Crippen LogP contribution < -0.4 is 10.2 Å². The Morgan fingerprint density at radius 2 is 1.85 bits per heavy atom. The maximum absolute atomic E-state index is 15.8. The van der Waals surface area contributed by atoms with E-state index in [-0.39, 0.29) is 47.8 Å². The summed E-state index contributed by atoms with van der Waals surface area (Å²) in [5.41, 5.74) is 2.98. The van der Waals surface area contributed by atoms with E-state index < -0.39 is 35.9 Å². The van der Waals surface area contributed by atoms with Crippen molar-refractivity contribution in [1.29, 1.82) is 0 Å². The van der Waals surface area contributed by atoms with Crippen molar-refractivity contribution in [2.24, 2.45) is 5.41 Å². The topological polar surface area (TPSA) is 124 Å². The van der Waals surface area contributed by atoms with Gasteiger partial charge in [-0.05, 0) is 40.8 Å². The van der Waals surface area contributed by atoms with E-state index in [0.717, 1.165) is 5.69 Å². The molecule has 3 atom stereocenters. The summed E-state index contributed by atoms with van der Waals surface area (Å²) in [6.07, 6.45) is 1.02. The average molecular weight is 676 g/mol. The van der Waals surface area contributed by atoms with Crippen LogP contribution in [-0.2, 0) is 24.3 Å². The van der Waals surface area contributed by atoms with Crippen molar-refractivity contribution < 1.29 is 28.3 Å². The minimum absolute atomic E-state index is 0.0615. The third-order valence-electron chi connectivity index (χ3n) is 9.48. The van der Waals surface area contributed by atoms with E-state index in [1.807, 2.05) is 45.0 Å². The molecule has 3 aliphatic rings. The molecule has 1 saturated heterocycles. The molecule has 0 radical (unpaired) electrons. The monoisotopic (exact) mass is 675 g/mol.